The molecule has 2 fully saturated rings. The molecule has 2 aliphatic rings. The molecule has 1 aromatic carbocycles. The summed E-state index contributed by atoms with van der Waals surface area (Å²) in [5, 5.41) is 0. The summed E-state index contributed by atoms with van der Waals surface area (Å²) in [5.74, 6) is -0.884. The summed E-state index contributed by atoms with van der Waals surface area (Å²) >= 11 is 0. The fourth-order valence-corrected chi connectivity index (χ4v) is 3.73. The smallest absolute Gasteiger partial charge is 0.406 e. The first-order valence-electron chi connectivity index (χ1n) is 9.44. The number of hydrogen-bond acceptors (Lipinski definition) is 4. The lowest BCUT2D eigenvalue weighted by Crippen LogP contribution is -2.49. The van der Waals surface area contributed by atoms with Crippen molar-refractivity contribution in [3.63, 3.8) is 0 Å². The van der Waals surface area contributed by atoms with Crippen molar-refractivity contribution in [2.45, 2.75) is 25.3 Å². The number of alkyl halides is 3. The van der Waals surface area contributed by atoms with Crippen LogP contribution in [0.3, 0.4) is 0 Å². The van der Waals surface area contributed by atoms with Crippen LogP contribution >= 0.6 is 0 Å². The number of benzene rings is 1. The molecule has 0 aromatic heterocycles. The van der Waals surface area contributed by atoms with Crippen LogP contribution in [-0.4, -0.2) is 60.8 Å². The molecule has 2 amide bonds. The van der Waals surface area contributed by atoms with Crippen LogP contribution in [0.1, 0.15) is 24.5 Å². The van der Waals surface area contributed by atoms with Gasteiger partial charge in [0.1, 0.15) is 11.9 Å². The fourth-order valence-electron chi connectivity index (χ4n) is 3.73. The van der Waals surface area contributed by atoms with Gasteiger partial charge in [-0.15, -0.1) is 13.2 Å². The number of halogens is 3. The molecule has 2 saturated heterocycles. The van der Waals surface area contributed by atoms with Crippen LogP contribution in [0.5, 0.6) is 5.75 Å². The second-order valence-corrected chi connectivity index (χ2v) is 7.09. The molecule has 6 nitrogen and oxygen atoms in total. The third-order valence-corrected chi connectivity index (χ3v) is 5.10. The van der Waals surface area contributed by atoms with Gasteiger partial charge < -0.3 is 19.3 Å². The minimum Gasteiger partial charge on any atom is -0.406 e. The number of nitrogens with zero attached hydrogens (tertiary/aromatic N) is 2. The Morgan fingerprint density at radius 1 is 1.21 bits per heavy atom. The van der Waals surface area contributed by atoms with Gasteiger partial charge in [-0.25, -0.2) is 0 Å². The van der Waals surface area contributed by atoms with Gasteiger partial charge in [0.25, 0.3) is 0 Å². The van der Waals surface area contributed by atoms with E-state index in [2.05, 4.69) is 11.3 Å². The zero-order valence-electron chi connectivity index (χ0n) is 15.9. The van der Waals surface area contributed by atoms with Crippen molar-refractivity contribution < 1.29 is 32.2 Å². The largest absolute Gasteiger partial charge is 0.573 e. The molecule has 0 saturated carbocycles. The average Bonchev–Trinajstić information content (AvgIpc) is 2.71. The molecule has 2 atom stereocenters. The van der Waals surface area contributed by atoms with Crippen LogP contribution in [0.4, 0.5) is 13.2 Å². The summed E-state index contributed by atoms with van der Waals surface area (Å²) in [4.78, 5) is 28.1. The predicted molar refractivity (Wildman–Crippen MR) is 97.9 cm³/mol. The number of ether oxygens (including phenoxy) is 2. The lowest BCUT2D eigenvalue weighted by molar-refractivity contribution is -0.274. The van der Waals surface area contributed by atoms with Crippen molar-refractivity contribution in [2.24, 2.45) is 5.92 Å². The molecular formula is C20H23F3N2O4. The predicted octanol–water partition coefficient (Wildman–Crippen LogP) is 2.91. The van der Waals surface area contributed by atoms with E-state index in [-0.39, 0.29) is 36.6 Å². The highest BCUT2D eigenvalue weighted by Gasteiger charge is 2.34. The number of amides is 2. The molecule has 29 heavy (non-hydrogen) atoms. The topological polar surface area (TPSA) is 59.1 Å². The van der Waals surface area contributed by atoms with E-state index in [0.717, 1.165) is 6.42 Å². The van der Waals surface area contributed by atoms with Crippen molar-refractivity contribution in [2.75, 3.05) is 32.8 Å². The normalized spacial score (nSPS) is 22.9. The molecule has 0 spiro atoms. The Morgan fingerprint density at radius 3 is 2.72 bits per heavy atom. The van der Waals surface area contributed by atoms with Crippen LogP contribution in [-0.2, 0) is 14.3 Å². The van der Waals surface area contributed by atoms with Crippen LogP contribution in [0.15, 0.2) is 36.9 Å². The van der Waals surface area contributed by atoms with E-state index in [4.69, 9.17) is 4.74 Å². The minimum atomic E-state index is -4.77. The van der Waals surface area contributed by atoms with Gasteiger partial charge >= 0.3 is 6.36 Å². The van der Waals surface area contributed by atoms with E-state index in [1.165, 1.54) is 24.3 Å². The van der Waals surface area contributed by atoms with E-state index < -0.39 is 12.5 Å². The summed E-state index contributed by atoms with van der Waals surface area (Å²) in [7, 11) is 0. The summed E-state index contributed by atoms with van der Waals surface area (Å²) < 4.78 is 47.0. The Bertz CT molecular complexity index is 768. The molecule has 3 rings (SSSR count). The van der Waals surface area contributed by atoms with Crippen molar-refractivity contribution in [3.8, 4) is 5.75 Å². The lowest BCUT2D eigenvalue weighted by Gasteiger charge is -2.38. The maximum atomic E-state index is 13.0. The van der Waals surface area contributed by atoms with Gasteiger partial charge in [0.05, 0.1) is 19.1 Å². The van der Waals surface area contributed by atoms with Gasteiger partial charge in [0.15, 0.2) is 0 Å². The third kappa shape index (κ3) is 5.50. The minimum absolute atomic E-state index is 0.0671. The average molecular weight is 412 g/mol. The van der Waals surface area contributed by atoms with Gasteiger partial charge in [-0.1, -0.05) is 18.7 Å². The van der Waals surface area contributed by atoms with E-state index in [1.807, 2.05) is 0 Å². The lowest BCUT2D eigenvalue weighted by atomic mass is 9.95. The van der Waals surface area contributed by atoms with Crippen molar-refractivity contribution in [1.82, 2.24) is 9.80 Å². The standard InChI is InChI=1S/C20H23F3N2O4/c1-2-18(26)24-8-4-6-15(12-24)19(27)25-9-10-28-17(13-25)14-5-3-7-16(11-14)29-20(21,22)23/h2-3,5,7,11,15,17H,1,4,6,8-10,12-13H2. The Morgan fingerprint density at radius 2 is 2.00 bits per heavy atom. The van der Waals surface area contributed by atoms with Crippen LogP contribution in [0.2, 0.25) is 0 Å². The van der Waals surface area contributed by atoms with E-state index >= 15 is 0 Å². The zero-order chi connectivity index (χ0) is 21.0. The summed E-state index contributed by atoms with van der Waals surface area (Å²) in [6.45, 7) is 5.36. The Kier molecular flexibility index (Phi) is 6.46. The van der Waals surface area contributed by atoms with E-state index in [1.54, 1.807) is 15.9 Å². The molecule has 9 heteroatoms. The molecular weight excluding hydrogens is 389 g/mol. The fraction of sp³-hybridized carbons (Fsp3) is 0.500. The Hall–Kier alpha value is -2.55. The molecule has 0 radical (unpaired) electrons. The summed E-state index contributed by atoms with van der Waals surface area (Å²) in [6.07, 6.45) is -2.65. The van der Waals surface area contributed by atoms with Gasteiger partial charge in [-0.05, 0) is 36.6 Å². The molecule has 0 bridgehead atoms. The molecule has 0 N–H and O–H groups in total. The van der Waals surface area contributed by atoms with Crippen LogP contribution in [0, 0.1) is 5.92 Å². The van der Waals surface area contributed by atoms with Gasteiger partial charge in [0, 0.05) is 19.6 Å². The molecule has 0 aliphatic carbocycles. The number of carbonyl (C=O) groups excluding carboxylic acids is 2. The quantitative estimate of drug-likeness (QED) is 0.714. The highest BCUT2D eigenvalue weighted by Crippen LogP contribution is 2.29. The van der Waals surface area contributed by atoms with Gasteiger partial charge in [0.2, 0.25) is 11.8 Å². The summed E-state index contributed by atoms with van der Waals surface area (Å²) in [5.41, 5.74) is 0.511. The van der Waals surface area contributed by atoms with Crippen molar-refractivity contribution >= 4 is 11.8 Å². The number of carbonyl (C=O) groups is 2. The number of piperidine rings is 1. The van der Waals surface area contributed by atoms with Crippen molar-refractivity contribution in [3.05, 3.63) is 42.5 Å². The number of hydrogen-bond donors (Lipinski definition) is 0. The zero-order valence-corrected chi connectivity index (χ0v) is 15.9. The second kappa shape index (κ2) is 8.86. The van der Waals surface area contributed by atoms with E-state index in [0.29, 0.717) is 31.6 Å². The van der Waals surface area contributed by atoms with Crippen LogP contribution in [0.25, 0.3) is 0 Å². The van der Waals surface area contributed by atoms with Gasteiger partial charge in [-0.2, -0.15) is 0 Å². The Balaban J connectivity index is 1.66. The first-order valence-corrected chi connectivity index (χ1v) is 9.44. The molecule has 2 unspecified atom stereocenters. The maximum Gasteiger partial charge on any atom is 0.573 e. The molecule has 2 heterocycles. The molecule has 1 aromatic rings. The molecule has 2 aliphatic heterocycles. The first-order chi connectivity index (χ1) is 13.8. The van der Waals surface area contributed by atoms with Crippen LogP contribution < -0.4 is 4.74 Å². The summed E-state index contributed by atoms with van der Waals surface area (Å²) in [6, 6.07) is 5.60. The first kappa shape index (κ1) is 21.2. The number of rotatable bonds is 4. The SMILES string of the molecule is C=CC(=O)N1CCCC(C(=O)N2CCOC(c3cccc(OC(F)(F)F)c3)C2)C1. The number of likely N-dealkylation sites (tertiary alicyclic amines) is 1. The Labute approximate surface area is 166 Å². The second-order valence-electron chi connectivity index (χ2n) is 7.09. The van der Waals surface area contributed by atoms with Crippen molar-refractivity contribution in [1.29, 1.82) is 0 Å². The van der Waals surface area contributed by atoms with E-state index in [9.17, 15) is 22.8 Å². The highest BCUT2D eigenvalue weighted by molar-refractivity contribution is 5.88. The van der Waals surface area contributed by atoms with Gasteiger partial charge in [-0.3, -0.25) is 9.59 Å². The highest BCUT2D eigenvalue weighted by atomic mass is 19.4. The number of morpholine rings is 1. The molecule has 158 valence electrons. The monoisotopic (exact) mass is 412 g/mol. The maximum absolute atomic E-state index is 13.0. The third-order valence-electron chi connectivity index (χ3n) is 5.10.